The van der Waals surface area contributed by atoms with Crippen molar-refractivity contribution in [3.8, 4) is 0 Å². The van der Waals surface area contributed by atoms with Gasteiger partial charge in [-0.2, -0.15) is 0 Å². The normalized spacial score (nSPS) is 12.1. The van der Waals surface area contributed by atoms with Gasteiger partial charge in [0.05, 0.1) is 6.04 Å². The van der Waals surface area contributed by atoms with Crippen molar-refractivity contribution in [2.24, 2.45) is 5.73 Å². The molecule has 0 fully saturated rings. The van der Waals surface area contributed by atoms with Gasteiger partial charge in [0.15, 0.2) is 0 Å². The van der Waals surface area contributed by atoms with E-state index in [1.807, 2.05) is 19.1 Å². The molecule has 94 valence electrons. The van der Waals surface area contributed by atoms with E-state index in [2.05, 4.69) is 15.3 Å². The lowest BCUT2D eigenvalue weighted by Gasteiger charge is -2.11. The zero-order valence-electron chi connectivity index (χ0n) is 10.2. The summed E-state index contributed by atoms with van der Waals surface area (Å²) in [5, 5.41) is 2.88. The van der Waals surface area contributed by atoms with E-state index < -0.39 is 0 Å². The molecule has 1 aromatic carbocycles. The van der Waals surface area contributed by atoms with Crippen LogP contribution in [0.25, 0.3) is 0 Å². The van der Waals surface area contributed by atoms with E-state index >= 15 is 0 Å². The first-order valence-corrected chi connectivity index (χ1v) is 5.80. The fourth-order valence-electron chi connectivity index (χ4n) is 1.70. The first-order valence-electron chi connectivity index (χ1n) is 5.80. The number of amides is 1. The Kier molecular flexibility index (Phi) is 3.74. The van der Waals surface area contributed by atoms with E-state index in [9.17, 15) is 4.79 Å². The van der Waals surface area contributed by atoms with E-state index in [-0.39, 0.29) is 11.9 Å². The van der Waals surface area contributed by atoms with Gasteiger partial charge >= 0.3 is 0 Å². The molecule has 4 N–H and O–H groups in total. The lowest BCUT2D eigenvalue weighted by atomic mass is 10.1. The van der Waals surface area contributed by atoms with Crippen LogP contribution in [0.1, 0.15) is 34.7 Å². The molecule has 5 heteroatoms. The van der Waals surface area contributed by atoms with Crippen molar-refractivity contribution in [3.63, 3.8) is 0 Å². The number of benzene rings is 1. The third-order valence-corrected chi connectivity index (χ3v) is 2.70. The SMILES string of the molecule is CC(NC(=O)c1cccc(CN)c1)c1ncc[nH]1. The van der Waals surface area contributed by atoms with Crippen molar-refractivity contribution < 1.29 is 4.79 Å². The maximum atomic E-state index is 12.0. The van der Waals surface area contributed by atoms with E-state index in [1.54, 1.807) is 24.5 Å². The van der Waals surface area contributed by atoms with Crippen LogP contribution in [0.15, 0.2) is 36.7 Å². The topological polar surface area (TPSA) is 83.8 Å². The Hall–Kier alpha value is -2.14. The molecule has 0 saturated heterocycles. The van der Waals surface area contributed by atoms with Gasteiger partial charge in [0.1, 0.15) is 5.82 Å². The Balaban J connectivity index is 2.07. The summed E-state index contributed by atoms with van der Waals surface area (Å²) in [5.41, 5.74) is 7.10. The Labute approximate surface area is 105 Å². The number of nitrogens with one attached hydrogen (secondary N) is 2. The average Bonchev–Trinajstić information content (AvgIpc) is 2.92. The molecule has 18 heavy (non-hydrogen) atoms. The molecule has 1 unspecified atom stereocenters. The number of imidazole rings is 1. The van der Waals surface area contributed by atoms with Crippen molar-refractivity contribution in [1.29, 1.82) is 0 Å². The van der Waals surface area contributed by atoms with Gasteiger partial charge in [-0.3, -0.25) is 4.79 Å². The van der Waals surface area contributed by atoms with Crippen molar-refractivity contribution in [2.75, 3.05) is 0 Å². The molecule has 1 atom stereocenters. The van der Waals surface area contributed by atoms with Crippen LogP contribution in [0.2, 0.25) is 0 Å². The highest BCUT2D eigenvalue weighted by atomic mass is 16.1. The van der Waals surface area contributed by atoms with Crippen molar-refractivity contribution in [3.05, 3.63) is 53.6 Å². The van der Waals surface area contributed by atoms with Gasteiger partial charge < -0.3 is 16.0 Å². The number of hydrogen-bond donors (Lipinski definition) is 3. The minimum Gasteiger partial charge on any atom is -0.347 e. The molecule has 0 saturated carbocycles. The van der Waals surface area contributed by atoms with E-state index in [0.717, 1.165) is 11.4 Å². The van der Waals surface area contributed by atoms with Gasteiger partial charge in [0, 0.05) is 24.5 Å². The largest absolute Gasteiger partial charge is 0.347 e. The molecule has 1 heterocycles. The molecular formula is C13H16N4O. The number of aromatic amines is 1. The molecule has 0 aliphatic rings. The highest BCUT2D eigenvalue weighted by Gasteiger charge is 2.12. The Bertz CT molecular complexity index is 522. The highest BCUT2D eigenvalue weighted by Crippen LogP contribution is 2.09. The summed E-state index contributed by atoms with van der Waals surface area (Å²) in [6.07, 6.45) is 3.39. The zero-order chi connectivity index (χ0) is 13.0. The Morgan fingerprint density at radius 2 is 2.39 bits per heavy atom. The number of H-pyrrole nitrogens is 1. The number of aromatic nitrogens is 2. The van der Waals surface area contributed by atoms with E-state index in [0.29, 0.717) is 12.1 Å². The number of rotatable bonds is 4. The second-order valence-corrected chi connectivity index (χ2v) is 4.07. The third-order valence-electron chi connectivity index (χ3n) is 2.70. The van der Waals surface area contributed by atoms with Crippen molar-refractivity contribution in [2.45, 2.75) is 19.5 Å². The van der Waals surface area contributed by atoms with Crippen LogP contribution < -0.4 is 11.1 Å². The summed E-state index contributed by atoms with van der Waals surface area (Å²) in [6.45, 7) is 2.30. The fraction of sp³-hybridized carbons (Fsp3) is 0.231. The molecule has 2 aromatic rings. The van der Waals surface area contributed by atoms with Crippen LogP contribution in [0.3, 0.4) is 0 Å². The van der Waals surface area contributed by atoms with Crippen LogP contribution in [0, 0.1) is 0 Å². The second-order valence-electron chi connectivity index (χ2n) is 4.07. The van der Waals surface area contributed by atoms with E-state index in [1.165, 1.54) is 0 Å². The lowest BCUT2D eigenvalue weighted by Crippen LogP contribution is -2.27. The number of carbonyl (C=O) groups excluding carboxylic acids is 1. The van der Waals surface area contributed by atoms with Gasteiger partial charge in [-0.1, -0.05) is 12.1 Å². The van der Waals surface area contributed by atoms with Crippen LogP contribution in [-0.2, 0) is 6.54 Å². The quantitative estimate of drug-likeness (QED) is 0.759. The van der Waals surface area contributed by atoms with Gasteiger partial charge in [0.25, 0.3) is 5.91 Å². The molecular weight excluding hydrogens is 228 g/mol. The summed E-state index contributed by atoms with van der Waals surface area (Å²) in [6, 6.07) is 7.13. The number of nitrogens with zero attached hydrogens (tertiary/aromatic N) is 1. The standard InChI is InChI=1S/C13H16N4O/c1-9(12-15-5-6-16-12)17-13(18)11-4-2-3-10(7-11)8-14/h2-7,9H,8,14H2,1H3,(H,15,16)(H,17,18). The van der Waals surface area contributed by atoms with Gasteiger partial charge in [0.2, 0.25) is 0 Å². The zero-order valence-corrected chi connectivity index (χ0v) is 10.2. The third kappa shape index (κ3) is 2.75. The monoisotopic (exact) mass is 244 g/mol. The summed E-state index contributed by atoms with van der Waals surface area (Å²) in [4.78, 5) is 19.1. The summed E-state index contributed by atoms with van der Waals surface area (Å²) in [7, 11) is 0. The number of nitrogens with two attached hydrogens (primary N) is 1. The lowest BCUT2D eigenvalue weighted by molar-refractivity contribution is 0.0938. The first-order chi connectivity index (χ1) is 8.70. The van der Waals surface area contributed by atoms with Gasteiger partial charge in [-0.05, 0) is 24.6 Å². The second kappa shape index (κ2) is 5.46. The molecule has 0 bridgehead atoms. The Morgan fingerprint density at radius 1 is 1.56 bits per heavy atom. The predicted molar refractivity (Wildman–Crippen MR) is 68.8 cm³/mol. The van der Waals surface area contributed by atoms with Crippen molar-refractivity contribution in [1.82, 2.24) is 15.3 Å². The molecule has 0 aliphatic heterocycles. The summed E-state index contributed by atoms with van der Waals surface area (Å²) < 4.78 is 0. The summed E-state index contributed by atoms with van der Waals surface area (Å²) >= 11 is 0. The molecule has 0 spiro atoms. The van der Waals surface area contributed by atoms with Crippen LogP contribution in [-0.4, -0.2) is 15.9 Å². The molecule has 0 aliphatic carbocycles. The van der Waals surface area contributed by atoms with Gasteiger partial charge in [-0.15, -0.1) is 0 Å². The maximum Gasteiger partial charge on any atom is 0.251 e. The average molecular weight is 244 g/mol. The molecule has 1 amide bonds. The van der Waals surface area contributed by atoms with Crippen LogP contribution in [0.4, 0.5) is 0 Å². The smallest absolute Gasteiger partial charge is 0.251 e. The molecule has 1 aromatic heterocycles. The Morgan fingerprint density at radius 3 is 3.06 bits per heavy atom. The highest BCUT2D eigenvalue weighted by molar-refractivity contribution is 5.94. The molecule has 2 rings (SSSR count). The predicted octanol–water partition coefficient (Wildman–Crippen LogP) is 1.36. The summed E-state index contributed by atoms with van der Waals surface area (Å²) in [5.74, 6) is 0.604. The van der Waals surface area contributed by atoms with Crippen LogP contribution in [0.5, 0.6) is 0 Å². The molecule has 0 radical (unpaired) electrons. The van der Waals surface area contributed by atoms with Gasteiger partial charge in [-0.25, -0.2) is 4.98 Å². The van der Waals surface area contributed by atoms with Crippen LogP contribution >= 0.6 is 0 Å². The number of hydrogen-bond acceptors (Lipinski definition) is 3. The molecule has 5 nitrogen and oxygen atoms in total. The maximum absolute atomic E-state index is 12.0. The minimum absolute atomic E-state index is 0.130. The van der Waals surface area contributed by atoms with E-state index in [4.69, 9.17) is 5.73 Å². The fourth-order valence-corrected chi connectivity index (χ4v) is 1.70. The number of carbonyl (C=O) groups is 1. The first kappa shape index (κ1) is 12.3. The van der Waals surface area contributed by atoms with Crippen molar-refractivity contribution >= 4 is 5.91 Å². The minimum atomic E-state index is -0.158.